The van der Waals surface area contributed by atoms with Gasteiger partial charge in [-0.15, -0.1) is 0 Å². The third kappa shape index (κ3) is 10.3. The van der Waals surface area contributed by atoms with Gasteiger partial charge >= 0.3 is 5.97 Å². The van der Waals surface area contributed by atoms with Crippen molar-refractivity contribution in [2.24, 2.45) is 0 Å². The average molecular weight is 732 g/mol. The molecule has 2 aromatic carbocycles. The number of esters is 1. The number of carbonyl (C=O) groups excluding carboxylic acids is 4. The molecule has 3 atom stereocenters. The lowest BCUT2D eigenvalue weighted by Crippen LogP contribution is -2.54. The molecule has 0 spiro atoms. The minimum atomic E-state index is -1.11. The van der Waals surface area contributed by atoms with Crippen LogP contribution >= 0.6 is 22.6 Å². The van der Waals surface area contributed by atoms with Crippen molar-refractivity contribution in [2.45, 2.75) is 77.5 Å². The number of allylic oxidation sites excluding steroid dienone is 2. The third-order valence-corrected chi connectivity index (χ3v) is 8.44. The number of nitrogens with zero attached hydrogens (tertiary/aromatic N) is 1. The molecule has 0 saturated heterocycles. The molecule has 0 aliphatic carbocycles. The van der Waals surface area contributed by atoms with E-state index in [4.69, 9.17) is 9.47 Å². The standard InChI is InChI=1S/C34H42IN3O7/c1-21-11-9-10-14-29(40)36-23(3)33(42)38(4)27(20-24-17-18-28(39)26(35)19-24)32(41)37-30(34(43)45-22(2)16-15-21)31(44-5)25-12-7-6-8-13-25/h6-8,11-13,17-19,22-23,27,39H,9-10,14-16,20H2,1-5H3,(H,36,40)(H,37,41). The maximum atomic E-state index is 14.1. The van der Waals surface area contributed by atoms with E-state index in [0.29, 0.717) is 40.4 Å². The van der Waals surface area contributed by atoms with E-state index in [9.17, 15) is 24.3 Å². The number of methoxy groups -OCH3 is 1. The molecular weight excluding hydrogens is 689 g/mol. The van der Waals surface area contributed by atoms with Crippen LogP contribution in [0.4, 0.5) is 0 Å². The summed E-state index contributed by atoms with van der Waals surface area (Å²) in [6, 6.07) is 11.7. The van der Waals surface area contributed by atoms with Gasteiger partial charge in [0.2, 0.25) is 17.7 Å². The number of benzene rings is 2. The molecule has 3 N–H and O–H groups in total. The summed E-state index contributed by atoms with van der Waals surface area (Å²) in [5.74, 6) is -1.98. The number of cyclic esters (lactones) is 1. The van der Waals surface area contributed by atoms with Crippen LogP contribution in [0.15, 0.2) is 65.9 Å². The molecule has 1 aliphatic rings. The summed E-state index contributed by atoms with van der Waals surface area (Å²) in [6.45, 7) is 5.35. The van der Waals surface area contributed by atoms with E-state index in [1.807, 2.05) is 35.6 Å². The van der Waals surface area contributed by atoms with Crippen LogP contribution in [0.2, 0.25) is 0 Å². The van der Waals surface area contributed by atoms with Gasteiger partial charge in [-0.1, -0.05) is 48.0 Å². The fraction of sp³-hybridized carbons (Fsp3) is 0.412. The van der Waals surface area contributed by atoms with Crippen LogP contribution in [0, 0.1) is 3.57 Å². The van der Waals surface area contributed by atoms with Crippen LogP contribution in [0.3, 0.4) is 0 Å². The Bertz CT molecular complexity index is 1440. The van der Waals surface area contributed by atoms with E-state index < -0.39 is 36.0 Å². The molecule has 0 bridgehead atoms. The zero-order valence-electron chi connectivity index (χ0n) is 26.4. The van der Waals surface area contributed by atoms with E-state index in [1.165, 1.54) is 25.1 Å². The average Bonchev–Trinajstić information content (AvgIpc) is 3.01. The highest BCUT2D eigenvalue weighted by molar-refractivity contribution is 14.1. The number of phenols is 1. The zero-order chi connectivity index (χ0) is 33.1. The molecule has 3 amide bonds. The Morgan fingerprint density at radius 1 is 1.09 bits per heavy atom. The Kier molecular flexibility index (Phi) is 13.4. The molecule has 45 heavy (non-hydrogen) atoms. The number of phenolic OH excluding ortho intramolecular Hbond substituents is 1. The fourth-order valence-corrected chi connectivity index (χ4v) is 5.53. The van der Waals surface area contributed by atoms with Crippen molar-refractivity contribution >= 4 is 52.0 Å². The first-order chi connectivity index (χ1) is 21.4. The molecule has 1 heterocycles. The Morgan fingerprint density at radius 2 is 1.80 bits per heavy atom. The second-order valence-electron chi connectivity index (χ2n) is 11.2. The number of hydrogen-bond acceptors (Lipinski definition) is 7. The lowest BCUT2D eigenvalue weighted by molar-refractivity contribution is -0.146. The molecule has 0 fully saturated rings. The van der Waals surface area contributed by atoms with Gasteiger partial charge in [0.15, 0.2) is 11.5 Å². The predicted molar refractivity (Wildman–Crippen MR) is 180 cm³/mol. The monoisotopic (exact) mass is 731 g/mol. The van der Waals surface area contributed by atoms with Gasteiger partial charge in [0.25, 0.3) is 0 Å². The summed E-state index contributed by atoms with van der Waals surface area (Å²) in [7, 11) is 2.88. The molecule has 0 aromatic heterocycles. The van der Waals surface area contributed by atoms with Gasteiger partial charge < -0.3 is 30.1 Å². The van der Waals surface area contributed by atoms with Crippen molar-refractivity contribution in [2.75, 3.05) is 14.2 Å². The van der Waals surface area contributed by atoms with E-state index in [2.05, 4.69) is 16.7 Å². The van der Waals surface area contributed by atoms with Crippen molar-refractivity contribution in [1.82, 2.24) is 15.5 Å². The van der Waals surface area contributed by atoms with E-state index in [1.54, 1.807) is 50.2 Å². The first-order valence-corrected chi connectivity index (χ1v) is 16.0. The van der Waals surface area contributed by atoms with Gasteiger partial charge in [0, 0.05) is 25.5 Å². The van der Waals surface area contributed by atoms with Crippen LogP contribution < -0.4 is 10.6 Å². The van der Waals surface area contributed by atoms with Crippen molar-refractivity contribution < 1.29 is 33.8 Å². The summed E-state index contributed by atoms with van der Waals surface area (Å²) in [6.07, 6.45) is 4.45. The highest BCUT2D eigenvalue weighted by Gasteiger charge is 2.33. The number of likely N-dealkylation sites (N-methyl/N-ethyl adjacent to an activating group) is 1. The van der Waals surface area contributed by atoms with Crippen LogP contribution in [-0.4, -0.2) is 66.0 Å². The van der Waals surface area contributed by atoms with Gasteiger partial charge in [0.05, 0.1) is 16.8 Å². The number of rotatable bonds is 4. The topological polar surface area (TPSA) is 134 Å². The van der Waals surface area contributed by atoms with E-state index in [-0.39, 0.29) is 36.0 Å². The highest BCUT2D eigenvalue weighted by Crippen LogP contribution is 2.24. The number of ether oxygens (including phenoxy) is 2. The number of aromatic hydroxyl groups is 1. The molecule has 0 saturated carbocycles. The summed E-state index contributed by atoms with van der Waals surface area (Å²) < 4.78 is 12.0. The predicted octanol–water partition coefficient (Wildman–Crippen LogP) is 4.84. The fourth-order valence-electron chi connectivity index (χ4n) is 4.95. The lowest BCUT2D eigenvalue weighted by atomic mass is 10.0. The van der Waals surface area contributed by atoms with Gasteiger partial charge in [-0.25, -0.2) is 4.79 Å². The Labute approximate surface area is 278 Å². The molecule has 10 nitrogen and oxygen atoms in total. The summed E-state index contributed by atoms with van der Waals surface area (Å²) in [5, 5.41) is 15.5. The van der Waals surface area contributed by atoms with Crippen LogP contribution in [0.1, 0.15) is 64.0 Å². The normalized spacial score (nSPS) is 22.6. The molecular formula is C34H42IN3O7. The zero-order valence-corrected chi connectivity index (χ0v) is 28.6. The van der Waals surface area contributed by atoms with Crippen molar-refractivity contribution in [3.05, 3.63) is 80.6 Å². The summed E-state index contributed by atoms with van der Waals surface area (Å²) >= 11 is 1.98. The van der Waals surface area contributed by atoms with E-state index >= 15 is 0 Å². The van der Waals surface area contributed by atoms with Crippen molar-refractivity contribution in [1.29, 1.82) is 0 Å². The maximum Gasteiger partial charge on any atom is 0.359 e. The van der Waals surface area contributed by atoms with Gasteiger partial charge in [-0.2, -0.15) is 0 Å². The molecule has 3 unspecified atom stereocenters. The van der Waals surface area contributed by atoms with Gasteiger partial charge in [-0.05, 0) is 86.7 Å². The second kappa shape index (κ2) is 17.0. The molecule has 2 aromatic rings. The minimum absolute atomic E-state index is 0.0579. The minimum Gasteiger partial charge on any atom is -0.507 e. The van der Waals surface area contributed by atoms with Crippen LogP contribution in [0.5, 0.6) is 5.75 Å². The van der Waals surface area contributed by atoms with Crippen molar-refractivity contribution in [3.8, 4) is 5.75 Å². The Hall–Kier alpha value is -3.87. The highest BCUT2D eigenvalue weighted by atomic mass is 127. The van der Waals surface area contributed by atoms with Gasteiger partial charge in [-0.3, -0.25) is 14.4 Å². The lowest BCUT2D eigenvalue weighted by Gasteiger charge is -2.30. The number of amides is 3. The number of hydrogen-bond donors (Lipinski definition) is 3. The summed E-state index contributed by atoms with van der Waals surface area (Å²) in [4.78, 5) is 55.3. The molecule has 11 heteroatoms. The Morgan fingerprint density at radius 3 is 2.47 bits per heavy atom. The number of carbonyl (C=O) groups is 4. The Balaban J connectivity index is 2.09. The van der Waals surface area contributed by atoms with Gasteiger partial charge in [0.1, 0.15) is 17.8 Å². The number of halogens is 1. The van der Waals surface area contributed by atoms with Crippen LogP contribution in [0.25, 0.3) is 5.76 Å². The molecule has 0 radical (unpaired) electrons. The van der Waals surface area contributed by atoms with Crippen molar-refractivity contribution in [3.63, 3.8) is 0 Å². The largest absolute Gasteiger partial charge is 0.507 e. The molecule has 1 aliphatic heterocycles. The molecule has 3 rings (SSSR count). The second-order valence-corrected chi connectivity index (χ2v) is 12.4. The quantitative estimate of drug-likeness (QED) is 0.135. The first-order valence-electron chi connectivity index (χ1n) is 15.0. The first kappa shape index (κ1) is 35.6. The molecule has 242 valence electrons. The maximum absolute atomic E-state index is 14.1. The van der Waals surface area contributed by atoms with Crippen LogP contribution in [-0.2, 0) is 35.1 Å². The third-order valence-electron chi connectivity index (χ3n) is 7.58. The van der Waals surface area contributed by atoms with E-state index in [0.717, 1.165) is 5.57 Å². The number of nitrogens with one attached hydrogen (secondary N) is 2. The smallest absolute Gasteiger partial charge is 0.359 e. The summed E-state index contributed by atoms with van der Waals surface area (Å²) in [5.41, 5.74) is 2.13. The SMILES string of the molecule is COC(=C1NC(=O)C(Cc2ccc(O)c(I)c2)N(C)C(=O)C(C)NC(=O)CCCC=C(C)CCC(C)OC1=O)c1ccccc1.